The fourth-order valence-electron chi connectivity index (χ4n) is 3.08. The number of nitrogens with one attached hydrogen (secondary N) is 1. The van der Waals surface area contributed by atoms with E-state index in [2.05, 4.69) is 10.2 Å². The molecular weight excluding hydrogens is 300 g/mol. The van der Waals surface area contributed by atoms with E-state index in [0.29, 0.717) is 4.90 Å². The Bertz CT molecular complexity index is 590. The van der Waals surface area contributed by atoms with Gasteiger partial charge in [0.1, 0.15) is 0 Å². The smallest absolute Gasteiger partial charge is 0.175 e. The van der Waals surface area contributed by atoms with E-state index in [1.54, 1.807) is 12.1 Å². The number of hydrogen-bond acceptors (Lipinski definition) is 5. The van der Waals surface area contributed by atoms with Gasteiger partial charge in [0, 0.05) is 50.5 Å². The van der Waals surface area contributed by atoms with Crippen molar-refractivity contribution in [1.82, 2.24) is 10.2 Å². The highest BCUT2D eigenvalue weighted by Gasteiger charge is 2.35. The molecule has 1 aromatic carbocycles. The minimum Gasteiger partial charge on any atom is -0.396 e. The van der Waals surface area contributed by atoms with Crippen molar-refractivity contribution < 1.29 is 13.5 Å². The van der Waals surface area contributed by atoms with Crippen LogP contribution in [0.2, 0.25) is 0 Å². The zero-order valence-corrected chi connectivity index (χ0v) is 14.4. The number of rotatable bonds is 5. The highest BCUT2D eigenvalue weighted by Crippen LogP contribution is 2.38. The molecule has 5 nitrogen and oxygen atoms in total. The highest BCUT2D eigenvalue weighted by molar-refractivity contribution is 7.90. The SMILES string of the molecule is CC(C)(CO)[C@H](c1ccc(S(C)(=O)=O)cc1)N1CCNCC1. The fraction of sp³-hybridized carbons (Fsp3) is 0.625. The largest absolute Gasteiger partial charge is 0.396 e. The fourth-order valence-corrected chi connectivity index (χ4v) is 3.71. The predicted octanol–water partition coefficient (Wildman–Crippen LogP) is 1.05. The Hall–Kier alpha value is -0.950. The molecule has 1 aromatic rings. The Morgan fingerprint density at radius 2 is 1.77 bits per heavy atom. The molecule has 6 heteroatoms. The monoisotopic (exact) mass is 326 g/mol. The molecule has 1 aliphatic heterocycles. The van der Waals surface area contributed by atoms with E-state index in [-0.39, 0.29) is 18.1 Å². The first-order valence-corrected chi connectivity index (χ1v) is 9.50. The van der Waals surface area contributed by atoms with Crippen molar-refractivity contribution in [2.45, 2.75) is 24.8 Å². The Morgan fingerprint density at radius 1 is 1.23 bits per heavy atom. The minimum absolute atomic E-state index is 0.0632. The topological polar surface area (TPSA) is 69.6 Å². The third kappa shape index (κ3) is 3.87. The summed E-state index contributed by atoms with van der Waals surface area (Å²) >= 11 is 0. The first-order valence-electron chi connectivity index (χ1n) is 7.61. The number of aliphatic hydroxyl groups excluding tert-OH is 1. The number of hydrogen-bond donors (Lipinski definition) is 2. The summed E-state index contributed by atoms with van der Waals surface area (Å²) in [5.74, 6) is 0. The molecule has 2 N–H and O–H groups in total. The van der Waals surface area contributed by atoms with Crippen molar-refractivity contribution >= 4 is 9.84 Å². The first kappa shape index (κ1) is 17.4. The van der Waals surface area contributed by atoms with Crippen LogP contribution in [-0.4, -0.2) is 57.5 Å². The lowest BCUT2D eigenvalue weighted by Crippen LogP contribution is -2.49. The van der Waals surface area contributed by atoms with Gasteiger partial charge < -0.3 is 10.4 Å². The van der Waals surface area contributed by atoms with E-state index in [4.69, 9.17) is 0 Å². The molecule has 0 aromatic heterocycles. The maximum Gasteiger partial charge on any atom is 0.175 e. The van der Waals surface area contributed by atoms with Crippen molar-refractivity contribution in [1.29, 1.82) is 0 Å². The van der Waals surface area contributed by atoms with Gasteiger partial charge in [0.15, 0.2) is 9.84 Å². The van der Waals surface area contributed by atoms with Crippen LogP contribution in [-0.2, 0) is 9.84 Å². The van der Waals surface area contributed by atoms with Crippen molar-refractivity contribution in [2.24, 2.45) is 5.41 Å². The molecule has 0 bridgehead atoms. The number of piperazine rings is 1. The maximum absolute atomic E-state index is 11.6. The number of nitrogens with zero attached hydrogens (tertiary/aromatic N) is 1. The summed E-state index contributed by atoms with van der Waals surface area (Å²) in [6, 6.07) is 7.13. The molecule has 0 radical (unpaired) electrons. The Labute approximate surface area is 133 Å². The highest BCUT2D eigenvalue weighted by atomic mass is 32.2. The van der Waals surface area contributed by atoms with Gasteiger partial charge >= 0.3 is 0 Å². The molecular formula is C16H26N2O3S. The number of benzene rings is 1. The molecule has 1 atom stereocenters. The van der Waals surface area contributed by atoms with Crippen LogP contribution >= 0.6 is 0 Å². The summed E-state index contributed by atoms with van der Waals surface area (Å²) in [4.78, 5) is 2.69. The summed E-state index contributed by atoms with van der Waals surface area (Å²) in [6.45, 7) is 7.87. The second-order valence-electron chi connectivity index (χ2n) is 6.68. The minimum atomic E-state index is -3.18. The molecule has 0 spiro atoms. The van der Waals surface area contributed by atoms with E-state index in [9.17, 15) is 13.5 Å². The average Bonchev–Trinajstić information content (AvgIpc) is 2.48. The van der Waals surface area contributed by atoms with Crippen LogP contribution in [0.25, 0.3) is 0 Å². The second-order valence-corrected chi connectivity index (χ2v) is 8.69. The summed E-state index contributed by atoms with van der Waals surface area (Å²) in [6.07, 6.45) is 1.22. The molecule has 0 unspecified atom stereocenters. The van der Waals surface area contributed by atoms with Crippen LogP contribution < -0.4 is 5.32 Å². The number of aliphatic hydroxyl groups is 1. The summed E-state index contributed by atoms with van der Waals surface area (Å²) in [5.41, 5.74) is 0.748. The lowest BCUT2D eigenvalue weighted by Gasteiger charge is -2.43. The summed E-state index contributed by atoms with van der Waals surface area (Å²) in [5, 5.41) is 13.1. The molecule has 22 heavy (non-hydrogen) atoms. The van der Waals surface area contributed by atoms with Crippen LogP contribution in [0.3, 0.4) is 0 Å². The van der Waals surface area contributed by atoms with Gasteiger partial charge in [-0.15, -0.1) is 0 Å². The third-order valence-corrected chi connectivity index (χ3v) is 5.42. The lowest BCUT2D eigenvalue weighted by atomic mass is 9.80. The molecule has 0 saturated carbocycles. The molecule has 1 saturated heterocycles. The Balaban J connectivity index is 2.36. The molecule has 1 fully saturated rings. The molecule has 124 valence electrons. The van der Waals surface area contributed by atoms with Gasteiger partial charge in [0.2, 0.25) is 0 Å². The van der Waals surface area contributed by atoms with E-state index < -0.39 is 9.84 Å². The van der Waals surface area contributed by atoms with Crippen LogP contribution in [0, 0.1) is 5.41 Å². The van der Waals surface area contributed by atoms with Gasteiger partial charge in [-0.2, -0.15) is 0 Å². The van der Waals surface area contributed by atoms with Gasteiger partial charge in [-0.05, 0) is 17.7 Å². The van der Waals surface area contributed by atoms with Crippen LogP contribution in [0.5, 0.6) is 0 Å². The molecule has 1 aliphatic rings. The van der Waals surface area contributed by atoms with Gasteiger partial charge in [0.05, 0.1) is 4.90 Å². The number of sulfone groups is 1. The van der Waals surface area contributed by atoms with Crippen LogP contribution in [0.4, 0.5) is 0 Å². The molecule has 2 rings (SSSR count). The predicted molar refractivity (Wildman–Crippen MR) is 87.6 cm³/mol. The van der Waals surface area contributed by atoms with Crippen LogP contribution in [0.15, 0.2) is 29.2 Å². The van der Waals surface area contributed by atoms with Gasteiger partial charge in [-0.1, -0.05) is 26.0 Å². The third-order valence-electron chi connectivity index (χ3n) is 4.29. The standard InChI is InChI=1S/C16H26N2O3S/c1-16(2,12-19)15(18-10-8-17-9-11-18)13-4-6-14(7-5-13)22(3,20)21/h4-7,15,17,19H,8-12H2,1-3H3/t15-/m0/s1. The zero-order chi connectivity index (χ0) is 16.4. The Morgan fingerprint density at radius 3 is 2.23 bits per heavy atom. The lowest BCUT2D eigenvalue weighted by molar-refractivity contribution is 0.0305. The normalized spacial score (nSPS) is 19.1. The van der Waals surface area contributed by atoms with Gasteiger partial charge in [0.25, 0.3) is 0 Å². The first-order chi connectivity index (χ1) is 10.3. The van der Waals surface area contributed by atoms with Crippen molar-refractivity contribution in [2.75, 3.05) is 39.0 Å². The molecule has 0 aliphatic carbocycles. The Kier molecular flexibility index (Phi) is 5.27. The van der Waals surface area contributed by atoms with Crippen molar-refractivity contribution in [3.05, 3.63) is 29.8 Å². The summed E-state index contributed by atoms with van der Waals surface area (Å²) in [7, 11) is -3.18. The molecule has 1 heterocycles. The van der Waals surface area contributed by atoms with Gasteiger partial charge in [-0.25, -0.2) is 8.42 Å². The van der Waals surface area contributed by atoms with E-state index in [0.717, 1.165) is 31.7 Å². The van der Waals surface area contributed by atoms with Crippen molar-refractivity contribution in [3.8, 4) is 0 Å². The van der Waals surface area contributed by atoms with E-state index in [1.165, 1.54) is 6.26 Å². The second kappa shape index (κ2) is 6.66. The van der Waals surface area contributed by atoms with E-state index >= 15 is 0 Å². The maximum atomic E-state index is 11.6. The van der Waals surface area contributed by atoms with Gasteiger partial charge in [-0.3, -0.25) is 4.90 Å². The average molecular weight is 326 g/mol. The zero-order valence-electron chi connectivity index (χ0n) is 13.5. The van der Waals surface area contributed by atoms with Crippen molar-refractivity contribution in [3.63, 3.8) is 0 Å². The van der Waals surface area contributed by atoms with Crippen LogP contribution in [0.1, 0.15) is 25.5 Å². The molecule has 0 amide bonds. The quantitative estimate of drug-likeness (QED) is 0.847. The van der Waals surface area contributed by atoms with E-state index in [1.807, 2.05) is 26.0 Å². The summed E-state index contributed by atoms with van der Waals surface area (Å²) < 4.78 is 23.2.